The first-order chi connectivity index (χ1) is 13.9. The molecule has 1 aromatic heterocycles. The van der Waals surface area contributed by atoms with E-state index in [0.717, 1.165) is 16.0 Å². The van der Waals surface area contributed by atoms with Crippen LogP contribution in [0.1, 0.15) is 32.1 Å². The van der Waals surface area contributed by atoms with Crippen LogP contribution < -0.4 is 4.74 Å². The second kappa shape index (κ2) is 12.5. The van der Waals surface area contributed by atoms with Gasteiger partial charge in [0.2, 0.25) is 0 Å². The zero-order valence-corrected chi connectivity index (χ0v) is 18.7. The Morgan fingerprint density at radius 3 is 2.90 bits per heavy atom. The van der Waals surface area contributed by atoms with Crippen molar-refractivity contribution in [2.24, 2.45) is 17.8 Å². The number of aliphatic hydroxyl groups is 2. The standard InChI is InChI=1S/C21H28BBrO5S/c22-11-14-9-19(25)18(5-3-1-2-4-6-20(26)27)17(14)8-7-16(24)12-28-21-10-15(23)13-29-21/h1,3,7-8,10-11,13-14,16-19,22,24-25H,2,4-6,9,12H2,(H,26,27)/b3-1-,8-7+/t14-,16+,17-,18+,19?/m0/s1. The zero-order valence-electron chi connectivity index (χ0n) is 16.3. The first kappa shape index (κ1) is 24.1. The van der Waals surface area contributed by atoms with Gasteiger partial charge in [-0.3, -0.25) is 0 Å². The van der Waals surface area contributed by atoms with E-state index < -0.39 is 18.2 Å². The molecule has 158 valence electrons. The van der Waals surface area contributed by atoms with Crippen LogP contribution in [0.4, 0.5) is 0 Å². The molecule has 3 N–H and O–H groups in total. The Balaban J connectivity index is 1.87. The van der Waals surface area contributed by atoms with Gasteiger partial charge >= 0.3 is 186 Å². The van der Waals surface area contributed by atoms with Crippen molar-refractivity contribution in [3.8, 4) is 5.06 Å². The average Bonchev–Trinajstić information content (AvgIpc) is 3.23. The van der Waals surface area contributed by atoms with Crippen molar-refractivity contribution in [2.45, 2.75) is 44.3 Å². The van der Waals surface area contributed by atoms with Crippen LogP contribution in [0.5, 0.6) is 5.06 Å². The summed E-state index contributed by atoms with van der Waals surface area (Å²) in [5.41, 5.74) is 0. The first-order valence-electron chi connectivity index (χ1n) is 9.81. The number of unbranched alkanes of at least 4 members (excludes halogenated alkanes) is 1. The van der Waals surface area contributed by atoms with Gasteiger partial charge < -0.3 is 0 Å². The summed E-state index contributed by atoms with van der Waals surface area (Å²) in [5, 5.41) is 32.0. The Morgan fingerprint density at radius 1 is 1.45 bits per heavy atom. The molecule has 0 bridgehead atoms. The minimum atomic E-state index is -0.780. The van der Waals surface area contributed by atoms with Crippen LogP contribution in [-0.4, -0.2) is 53.6 Å². The van der Waals surface area contributed by atoms with Crippen molar-refractivity contribution >= 4 is 46.7 Å². The number of carbonyl (C=O) groups is 1. The molecule has 2 rings (SSSR count). The maximum atomic E-state index is 10.5. The molecule has 0 aromatic carbocycles. The van der Waals surface area contributed by atoms with Gasteiger partial charge in [-0.15, -0.1) is 0 Å². The SMILES string of the molecule is B=C[C@@H]1CC(O)[C@H](C/C=C\CCCC(=O)O)[C@H]1/C=C/[C@@H](O)COc1cc(Br)cs1. The molecule has 1 aliphatic carbocycles. The monoisotopic (exact) mass is 482 g/mol. The summed E-state index contributed by atoms with van der Waals surface area (Å²) < 4.78 is 6.54. The molecule has 5 nitrogen and oxygen atoms in total. The number of halogens is 1. The fourth-order valence-electron chi connectivity index (χ4n) is 3.63. The molecule has 0 saturated heterocycles. The van der Waals surface area contributed by atoms with Crippen LogP contribution >= 0.6 is 27.3 Å². The van der Waals surface area contributed by atoms with Gasteiger partial charge in [-0.1, -0.05) is 0 Å². The second-order valence-corrected chi connectivity index (χ2v) is 9.07. The number of allylic oxidation sites excluding steroid dienone is 3. The number of thiophene rings is 1. The van der Waals surface area contributed by atoms with Gasteiger partial charge in [0, 0.05) is 0 Å². The normalized spacial score (nSPS) is 25.6. The van der Waals surface area contributed by atoms with Crippen LogP contribution in [0.15, 0.2) is 40.2 Å². The summed E-state index contributed by atoms with van der Waals surface area (Å²) >= 11 is 4.84. The Morgan fingerprint density at radius 2 is 2.24 bits per heavy atom. The van der Waals surface area contributed by atoms with Crippen LogP contribution in [0.3, 0.4) is 0 Å². The number of carboxylic acids is 1. The van der Waals surface area contributed by atoms with Crippen molar-refractivity contribution in [3.63, 3.8) is 0 Å². The summed E-state index contributed by atoms with van der Waals surface area (Å²) in [4.78, 5) is 10.5. The van der Waals surface area contributed by atoms with E-state index in [0.29, 0.717) is 19.3 Å². The van der Waals surface area contributed by atoms with E-state index in [2.05, 4.69) is 23.4 Å². The first-order valence-corrected chi connectivity index (χ1v) is 11.5. The Bertz CT molecular complexity index is 720. The van der Waals surface area contributed by atoms with E-state index in [1.54, 1.807) is 6.08 Å². The van der Waals surface area contributed by atoms with E-state index in [4.69, 9.17) is 9.84 Å². The fourth-order valence-corrected chi connectivity index (χ4v) is 4.90. The number of aliphatic carboxylic acids is 1. The Kier molecular flexibility index (Phi) is 10.3. The molecule has 0 aliphatic heterocycles. The van der Waals surface area contributed by atoms with Crippen LogP contribution in [0.25, 0.3) is 0 Å². The van der Waals surface area contributed by atoms with Crippen LogP contribution in [0, 0.1) is 17.8 Å². The van der Waals surface area contributed by atoms with E-state index in [-0.39, 0.29) is 30.8 Å². The molecule has 1 aliphatic rings. The molecule has 1 unspecified atom stereocenters. The van der Waals surface area contributed by atoms with E-state index in [9.17, 15) is 15.0 Å². The van der Waals surface area contributed by atoms with Gasteiger partial charge in [-0.25, -0.2) is 0 Å². The van der Waals surface area contributed by atoms with Crippen molar-refractivity contribution in [1.82, 2.24) is 0 Å². The molecule has 5 atom stereocenters. The van der Waals surface area contributed by atoms with Gasteiger partial charge in [0.1, 0.15) is 0 Å². The average molecular weight is 483 g/mol. The molecule has 0 spiro atoms. The van der Waals surface area contributed by atoms with Crippen LogP contribution in [-0.2, 0) is 4.79 Å². The van der Waals surface area contributed by atoms with Gasteiger partial charge in [-0.2, -0.15) is 0 Å². The molecule has 0 radical (unpaired) electrons. The van der Waals surface area contributed by atoms with E-state index in [1.807, 2.05) is 35.6 Å². The predicted octanol–water partition coefficient (Wildman–Crippen LogP) is 3.32. The molecular formula is C21H28BBrO5S. The summed E-state index contributed by atoms with van der Waals surface area (Å²) in [6.07, 6.45) is 9.45. The molecule has 0 amide bonds. The van der Waals surface area contributed by atoms with Crippen LogP contribution in [0.2, 0.25) is 0 Å². The fraction of sp³-hybridized carbons (Fsp3) is 0.524. The molecule has 8 heteroatoms. The molecular weight excluding hydrogens is 455 g/mol. The summed E-state index contributed by atoms with van der Waals surface area (Å²) in [5.74, 6) is 1.40. The summed E-state index contributed by atoms with van der Waals surface area (Å²) in [6.45, 7) is 0.172. The van der Waals surface area contributed by atoms with Gasteiger partial charge in [0.05, 0.1) is 0 Å². The number of hydrogen-bond donors (Lipinski definition) is 3. The molecule has 1 fully saturated rings. The van der Waals surface area contributed by atoms with Gasteiger partial charge in [0.15, 0.2) is 0 Å². The van der Waals surface area contributed by atoms with Crippen molar-refractivity contribution in [3.05, 3.63) is 40.2 Å². The Labute approximate surface area is 185 Å². The summed E-state index contributed by atoms with van der Waals surface area (Å²) in [6, 6.07) is 1.86. The van der Waals surface area contributed by atoms with E-state index in [1.165, 1.54) is 11.3 Å². The number of ether oxygens (including phenoxy) is 1. The minimum absolute atomic E-state index is 0.0475. The number of hydrogen-bond acceptors (Lipinski definition) is 5. The second-order valence-electron chi connectivity index (χ2n) is 7.28. The van der Waals surface area contributed by atoms with Gasteiger partial charge in [0.25, 0.3) is 0 Å². The number of carboxylic acid groups (broad SMARTS) is 1. The summed E-state index contributed by atoms with van der Waals surface area (Å²) in [7, 11) is 3.90. The van der Waals surface area contributed by atoms with Gasteiger partial charge in [-0.05, 0) is 0 Å². The number of aliphatic hydroxyl groups excluding tert-OH is 2. The maximum absolute atomic E-state index is 10.5. The van der Waals surface area contributed by atoms with Crippen molar-refractivity contribution < 1.29 is 24.9 Å². The third kappa shape index (κ3) is 8.20. The van der Waals surface area contributed by atoms with Crippen molar-refractivity contribution in [2.75, 3.05) is 6.61 Å². The molecule has 1 heterocycles. The van der Waals surface area contributed by atoms with Crippen molar-refractivity contribution in [1.29, 1.82) is 0 Å². The third-order valence-electron chi connectivity index (χ3n) is 5.13. The zero-order chi connectivity index (χ0) is 21.2. The number of rotatable bonds is 12. The molecule has 1 aromatic rings. The molecule has 29 heavy (non-hydrogen) atoms. The third-order valence-corrected chi connectivity index (χ3v) is 6.73. The molecule has 1 saturated carbocycles. The predicted molar refractivity (Wildman–Crippen MR) is 122 cm³/mol. The van der Waals surface area contributed by atoms with E-state index >= 15 is 0 Å². The Hall–Kier alpha value is -1.22. The quantitative estimate of drug-likeness (QED) is 0.241. The topological polar surface area (TPSA) is 87.0 Å².